The molecule has 0 aromatic heterocycles. The van der Waals surface area contributed by atoms with Gasteiger partial charge in [-0.2, -0.15) is 0 Å². The predicted octanol–water partition coefficient (Wildman–Crippen LogP) is -3.74. The fourth-order valence-electron chi connectivity index (χ4n) is 0. The quantitative estimate of drug-likeness (QED) is 0.221. The van der Waals surface area contributed by atoms with Crippen LogP contribution in [0, 0.1) is 0 Å². The Labute approximate surface area is 68.6 Å². The summed E-state index contributed by atoms with van der Waals surface area (Å²) in [6.45, 7) is 0. The molecule has 12 heavy (non-hydrogen) atoms. The Morgan fingerprint density at radius 2 is 0.667 bits per heavy atom. The van der Waals surface area contributed by atoms with E-state index in [1.165, 1.54) is 0 Å². The third kappa shape index (κ3) is 26500. The van der Waals surface area contributed by atoms with Crippen molar-refractivity contribution in [1.82, 2.24) is 18.5 Å². The Morgan fingerprint density at radius 3 is 0.667 bits per heavy atom. The Kier molecular flexibility index (Phi) is 243. The van der Waals surface area contributed by atoms with E-state index in [4.69, 9.17) is 19.2 Å². The molecule has 0 radical (unpaired) electrons. The summed E-state index contributed by atoms with van der Waals surface area (Å²) < 4.78 is 8.88. The highest BCUT2D eigenvalue weighted by Gasteiger charge is 2.00. The molecule has 0 saturated heterocycles. The molecular formula is H20N3O8P. The third-order valence-corrected chi connectivity index (χ3v) is 0. The first kappa shape index (κ1) is 94.6. The van der Waals surface area contributed by atoms with Gasteiger partial charge in [-0.25, -0.2) is 4.57 Å². The van der Waals surface area contributed by atoms with E-state index < -0.39 is 7.82 Å². The predicted molar refractivity (Wildman–Crippen MR) is 43.8 cm³/mol. The molecule has 0 atom stereocenters. The van der Waals surface area contributed by atoms with Crippen molar-refractivity contribution in [1.29, 1.82) is 0 Å². The normalized spacial score (nSPS) is 4.92. The Hall–Kier alpha value is -0.170. The van der Waals surface area contributed by atoms with Gasteiger partial charge in [0.05, 0.1) is 0 Å². The number of hydrogen-bond donors (Lipinski definition) is 6. The van der Waals surface area contributed by atoms with Gasteiger partial charge < -0.3 is 55.0 Å². The second-order valence-electron chi connectivity index (χ2n) is 0.513. The van der Waals surface area contributed by atoms with Crippen LogP contribution in [0.2, 0.25) is 0 Å². The number of rotatable bonds is 0. The molecule has 0 spiro atoms. The monoisotopic (exact) mass is 221 g/mol. The summed E-state index contributed by atoms with van der Waals surface area (Å²) >= 11 is 0. The van der Waals surface area contributed by atoms with Crippen LogP contribution in [0.1, 0.15) is 0 Å². The highest BCUT2D eigenvalue weighted by atomic mass is 31.2. The second kappa shape index (κ2) is 30.8. The van der Waals surface area contributed by atoms with Crippen molar-refractivity contribution in [2.45, 2.75) is 0 Å². The molecule has 0 aliphatic rings. The molecule has 11 nitrogen and oxygen atoms in total. The minimum atomic E-state index is -4.64. The largest absolute Gasteiger partial charge is 0.466 e. The first-order valence-corrected chi connectivity index (χ1v) is 2.35. The van der Waals surface area contributed by atoms with Crippen LogP contribution in [0.4, 0.5) is 0 Å². The fourth-order valence-corrected chi connectivity index (χ4v) is 0. The average molecular weight is 221 g/mol. The molecule has 0 aliphatic heterocycles. The summed E-state index contributed by atoms with van der Waals surface area (Å²) in [6, 6.07) is 0. The van der Waals surface area contributed by atoms with Gasteiger partial charge in [0.1, 0.15) is 0 Å². The van der Waals surface area contributed by atoms with E-state index in [0.717, 1.165) is 0 Å². The molecule has 0 fully saturated rings. The van der Waals surface area contributed by atoms with Crippen LogP contribution >= 0.6 is 7.82 Å². The molecule has 0 unspecified atom stereocenters. The minimum absolute atomic E-state index is 0. The molecule has 20 N–H and O–H groups in total. The molecule has 0 saturated carbocycles. The molecule has 12 heteroatoms. The van der Waals surface area contributed by atoms with E-state index in [1.807, 2.05) is 0 Å². The van der Waals surface area contributed by atoms with Crippen LogP contribution < -0.4 is 18.5 Å². The summed E-state index contributed by atoms with van der Waals surface area (Å²) in [5.41, 5.74) is 0. The smallest absolute Gasteiger partial charge is 0.412 e. The molecule has 88 valence electrons. The van der Waals surface area contributed by atoms with E-state index >= 15 is 0 Å². The molecule has 0 bridgehead atoms. The van der Waals surface area contributed by atoms with Crippen molar-refractivity contribution in [3.05, 3.63) is 0 Å². The molecular weight excluding hydrogens is 201 g/mol. The lowest BCUT2D eigenvalue weighted by Gasteiger charge is -1.82. The topological polar surface area (TPSA) is 309 Å². The van der Waals surface area contributed by atoms with E-state index in [0.29, 0.717) is 0 Å². The third-order valence-electron chi connectivity index (χ3n) is 0. The van der Waals surface area contributed by atoms with Gasteiger partial charge in [0, 0.05) is 0 Å². The van der Waals surface area contributed by atoms with Gasteiger partial charge in [0.2, 0.25) is 0 Å². The van der Waals surface area contributed by atoms with E-state index in [1.54, 1.807) is 0 Å². The van der Waals surface area contributed by atoms with Gasteiger partial charge in [0.15, 0.2) is 0 Å². The molecule has 0 aromatic rings. The average Bonchev–Trinajstić information content (AvgIpc) is 0.722. The zero-order valence-corrected chi connectivity index (χ0v) is 7.21. The Balaban J connectivity index is -0.00000000381. The molecule has 0 amide bonds. The van der Waals surface area contributed by atoms with Crippen molar-refractivity contribution >= 4 is 7.82 Å². The molecule has 0 heterocycles. The van der Waals surface area contributed by atoms with Crippen molar-refractivity contribution < 1.29 is 41.2 Å². The summed E-state index contributed by atoms with van der Waals surface area (Å²) in [7, 11) is -4.64. The summed E-state index contributed by atoms with van der Waals surface area (Å²) in [5.74, 6) is 0. The maximum Gasteiger partial charge on any atom is 0.466 e. The van der Waals surface area contributed by atoms with Crippen molar-refractivity contribution in [3.63, 3.8) is 0 Å². The lowest BCUT2D eigenvalue weighted by molar-refractivity contribution is 0.275. The van der Waals surface area contributed by atoms with Gasteiger partial charge in [0.25, 0.3) is 0 Å². The highest BCUT2D eigenvalue weighted by Crippen LogP contribution is 2.25. The molecule has 0 rings (SSSR count). The highest BCUT2D eigenvalue weighted by molar-refractivity contribution is 7.45. The van der Waals surface area contributed by atoms with Crippen molar-refractivity contribution in [3.8, 4) is 0 Å². The van der Waals surface area contributed by atoms with Crippen LogP contribution in [-0.2, 0) is 4.57 Å². The van der Waals surface area contributed by atoms with Gasteiger partial charge >= 0.3 is 7.82 Å². The van der Waals surface area contributed by atoms with E-state index in [2.05, 4.69) is 0 Å². The van der Waals surface area contributed by atoms with Gasteiger partial charge in [-0.05, 0) is 0 Å². The lowest BCUT2D eigenvalue weighted by Crippen LogP contribution is -1.66. The van der Waals surface area contributed by atoms with Crippen LogP contribution in [-0.4, -0.2) is 36.6 Å². The molecule has 0 aliphatic carbocycles. The maximum atomic E-state index is 8.88. The molecule has 0 aromatic carbocycles. The maximum absolute atomic E-state index is 8.88. The lowest BCUT2D eigenvalue weighted by atomic mass is 14.0. The SMILES string of the molecule is N.N.N.O.O.O.O.O=P(O)(O)O. The fraction of sp³-hybridized carbons (Fsp3) is 0. The number of hydrogen-bond acceptors (Lipinski definition) is 4. The zero-order chi connectivity index (χ0) is 4.50. The van der Waals surface area contributed by atoms with Gasteiger partial charge in [-0.15, -0.1) is 0 Å². The van der Waals surface area contributed by atoms with Crippen LogP contribution in [0.25, 0.3) is 0 Å². The van der Waals surface area contributed by atoms with Crippen LogP contribution in [0.3, 0.4) is 0 Å². The first-order chi connectivity index (χ1) is 2.00. The summed E-state index contributed by atoms with van der Waals surface area (Å²) in [4.78, 5) is 21.6. The summed E-state index contributed by atoms with van der Waals surface area (Å²) in [6.07, 6.45) is 0. The van der Waals surface area contributed by atoms with Crippen molar-refractivity contribution in [2.24, 2.45) is 0 Å². The first-order valence-electron chi connectivity index (χ1n) is 0.783. The second-order valence-corrected chi connectivity index (χ2v) is 1.54. The zero-order valence-electron chi connectivity index (χ0n) is 6.32. The van der Waals surface area contributed by atoms with Gasteiger partial charge in [-0.1, -0.05) is 0 Å². The van der Waals surface area contributed by atoms with Crippen LogP contribution in [0.5, 0.6) is 0 Å². The standard InChI is InChI=1S/3H3N.H3O4P.4H2O/c;;;1-5(2,3)4;;;;/h3*1H3;(H3,1,2,3,4);4*1H2. The summed E-state index contributed by atoms with van der Waals surface area (Å²) in [5, 5.41) is 0. The Morgan fingerprint density at radius 1 is 0.667 bits per heavy atom. The van der Waals surface area contributed by atoms with E-state index in [-0.39, 0.29) is 40.4 Å². The van der Waals surface area contributed by atoms with Crippen LogP contribution in [0.15, 0.2) is 0 Å². The minimum Gasteiger partial charge on any atom is -0.412 e. The number of phosphoric acid groups is 1. The Bertz CT molecular complexity index is 60.4. The van der Waals surface area contributed by atoms with E-state index in [9.17, 15) is 0 Å². The van der Waals surface area contributed by atoms with Crippen molar-refractivity contribution in [2.75, 3.05) is 0 Å². The van der Waals surface area contributed by atoms with Gasteiger partial charge in [-0.3, -0.25) is 0 Å².